The summed E-state index contributed by atoms with van der Waals surface area (Å²) in [6.07, 6.45) is 5.18. The van der Waals surface area contributed by atoms with Gasteiger partial charge >= 0.3 is 0 Å². The molecule has 0 bridgehead atoms. The summed E-state index contributed by atoms with van der Waals surface area (Å²) in [6, 6.07) is 1.09. The third-order valence-electron chi connectivity index (χ3n) is 3.37. The van der Waals surface area contributed by atoms with Gasteiger partial charge in [-0.25, -0.2) is 0 Å². The van der Waals surface area contributed by atoms with E-state index in [9.17, 15) is 0 Å². The lowest BCUT2D eigenvalue weighted by molar-refractivity contribution is 0.196. The normalized spacial score (nSPS) is 15.2. The molecule has 0 saturated carbocycles. The molecule has 0 fully saturated rings. The zero-order valence-corrected chi connectivity index (χ0v) is 11.8. The molecule has 0 aliphatic carbocycles. The molecule has 0 spiro atoms. The molecule has 0 aromatic carbocycles. The van der Waals surface area contributed by atoms with E-state index in [1.165, 1.54) is 5.56 Å². The van der Waals surface area contributed by atoms with Gasteiger partial charge in [0.05, 0.1) is 6.20 Å². The second-order valence-electron chi connectivity index (χ2n) is 4.75. The second kappa shape index (κ2) is 6.77. The first-order valence-electron chi connectivity index (χ1n) is 6.49. The van der Waals surface area contributed by atoms with Crippen molar-refractivity contribution in [3.05, 3.63) is 18.0 Å². The van der Waals surface area contributed by atoms with E-state index in [1.807, 2.05) is 17.9 Å². The van der Waals surface area contributed by atoms with Crippen molar-refractivity contribution in [3.63, 3.8) is 0 Å². The minimum atomic E-state index is 0.528. The summed E-state index contributed by atoms with van der Waals surface area (Å²) in [5.74, 6) is 0. The van der Waals surface area contributed by atoms with Gasteiger partial charge in [0.1, 0.15) is 0 Å². The third kappa shape index (κ3) is 4.13. The standard InChI is InChI=1S/C13H26N4/c1-6-13(14-7-2)11(3)16(4)9-12-8-15-17(5)10-12/h8,10-11,13-14H,6-7,9H2,1-5H3. The molecule has 1 rings (SSSR count). The highest BCUT2D eigenvalue weighted by molar-refractivity contribution is 5.03. The molecule has 98 valence electrons. The van der Waals surface area contributed by atoms with Crippen LogP contribution in [0, 0.1) is 0 Å². The average Bonchev–Trinajstić information content (AvgIpc) is 2.70. The maximum Gasteiger partial charge on any atom is 0.0534 e. The van der Waals surface area contributed by atoms with Gasteiger partial charge in [0.2, 0.25) is 0 Å². The van der Waals surface area contributed by atoms with Crippen LogP contribution in [-0.4, -0.2) is 40.4 Å². The first kappa shape index (κ1) is 14.2. The Kier molecular flexibility index (Phi) is 5.65. The van der Waals surface area contributed by atoms with Crippen molar-refractivity contribution in [2.45, 2.75) is 45.8 Å². The summed E-state index contributed by atoms with van der Waals surface area (Å²) in [4.78, 5) is 2.38. The summed E-state index contributed by atoms with van der Waals surface area (Å²) >= 11 is 0. The van der Waals surface area contributed by atoms with Gasteiger partial charge in [0, 0.05) is 37.4 Å². The van der Waals surface area contributed by atoms with Crippen molar-refractivity contribution < 1.29 is 0 Å². The van der Waals surface area contributed by atoms with E-state index in [2.05, 4.69) is 49.3 Å². The number of rotatable bonds is 7. The first-order valence-corrected chi connectivity index (χ1v) is 6.49. The van der Waals surface area contributed by atoms with Crippen molar-refractivity contribution in [1.29, 1.82) is 0 Å². The number of likely N-dealkylation sites (N-methyl/N-ethyl adjacent to an activating group) is 2. The van der Waals surface area contributed by atoms with E-state index in [4.69, 9.17) is 0 Å². The minimum absolute atomic E-state index is 0.528. The molecule has 0 aliphatic rings. The molecule has 4 heteroatoms. The van der Waals surface area contributed by atoms with E-state index in [0.717, 1.165) is 19.5 Å². The Bertz CT molecular complexity index is 321. The van der Waals surface area contributed by atoms with Crippen LogP contribution in [0.25, 0.3) is 0 Å². The molecule has 1 heterocycles. The summed E-state index contributed by atoms with van der Waals surface area (Å²) in [5.41, 5.74) is 1.27. The fraction of sp³-hybridized carbons (Fsp3) is 0.769. The molecule has 2 unspecified atom stereocenters. The van der Waals surface area contributed by atoms with Gasteiger partial charge in [-0.05, 0) is 26.9 Å². The summed E-state index contributed by atoms with van der Waals surface area (Å²) in [7, 11) is 4.14. The van der Waals surface area contributed by atoms with E-state index in [-0.39, 0.29) is 0 Å². The molecule has 4 nitrogen and oxygen atoms in total. The van der Waals surface area contributed by atoms with Gasteiger partial charge in [0.25, 0.3) is 0 Å². The van der Waals surface area contributed by atoms with Crippen LogP contribution < -0.4 is 5.32 Å². The summed E-state index contributed by atoms with van der Waals surface area (Å²) < 4.78 is 1.86. The molecule has 0 saturated heterocycles. The van der Waals surface area contributed by atoms with Crippen LogP contribution in [-0.2, 0) is 13.6 Å². The third-order valence-corrected chi connectivity index (χ3v) is 3.37. The zero-order chi connectivity index (χ0) is 12.8. The fourth-order valence-corrected chi connectivity index (χ4v) is 2.21. The zero-order valence-electron chi connectivity index (χ0n) is 11.8. The molecule has 0 amide bonds. The van der Waals surface area contributed by atoms with Gasteiger partial charge < -0.3 is 5.32 Å². The van der Waals surface area contributed by atoms with E-state index in [1.54, 1.807) is 0 Å². The van der Waals surface area contributed by atoms with E-state index in [0.29, 0.717) is 12.1 Å². The van der Waals surface area contributed by atoms with Crippen molar-refractivity contribution in [2.75, 3.05) is 13.6 Å². The predicted octanol–water partition coefficient (Wildman–Crippen LogP) is 1.63. The van der Waals surface area contributed by atoms with Gasteiger partial charge in [-0.15, -0.1) is 0 Å². The van der Waals surface area contributed by atoms with Crippen molar-refractivity contribution >= 4 is 0 Å². The van der Waals surface area contributed by atoms with Gasteiger partial charge in [-0.1, -0.05) is 13.8 Å². The molecule has 1 aromatic rings. The molecular formula is C13H26N4. The lowest BCUT2D eigenvalue weighted by Gasteiger charge is -2.31. The van der Waals surface area contributed by atoms with Crippen molar-refractivity contribution in [3.8, 4) is 0 Å². The summed E-state index contributed by atoms with van der Waals surface area (Å²) in [5, 5.41) is 7.75. The van der Waals surface area contributed by atoms with Gasteiger partial charge in [-0.3, -0.25) is 9.58 Å². The Labute approximate surface area is 105 Å². The molecule has 0 aliphatic heterocycles. The van der Waals surface area contributed by atoms with Crippen molar-refractivity contribution in [2.24, 2.45) is 7.05 Å². The van der Waals surface area contributed by atoms with Crippen LogP contribution in [0.15, 0.2) is 12.4 Å². The Morgan fingerprint density at radius 3 is 2.65 bits per heavy atom. The van der Waals surface area contributed by atoms with E-state index >= 15 is 0 Å². The summed E-state index contributed by atoms with van der Waals surface area (Å²) in [6.45, 7) is 8.67. The Hall–Kier alpha value is -0.870. The highest BCUT2D eigenvalue weighted by atomic mass is 15.2. The largest absolute Gasteiger partial charge is 0.313 e. The monoisotopic (exact) mass is 238 g/mol. The SMILES string of the molecule is CCNC(CC)C(C)N(C)Cc1cnn(C)c1. The van der Waals surface area contributed by atoms with Gasteiger partial charge in [0.15, 0.2) is 0 Å². The highest BCUT2D eigenvalue weighted by Gasteiger charge is 2.18. The second-order valence-corrected chi connectivity index (χ2v) is 4.75. The molecule has 1 N–H and O–H groups in total. The lowest BCUT2D eigenvalue weighted by Crippen LogP contribution is -2.46. The fourth-order valence-electron chi connectivity index (χ4n) is 2.21. The van der Waals surface area contributed by atoms with Crippen LogP contribution >= 0.6 is 0 Å². The molecule has 1 aromatic heterocycles. The van der Waals surface area contributed by atoms with Crippen molar-refractivity contribution in [1.82, 2.24) is 20.0 Å². The van der Waals surface area contributed by atoms with Crippen LogP contribution in [0.3, 0.4) is 0 Å². The predicted molar refractivity (Wildman–Crippen MR) is 71.9 cm³/mol. The topological polar surface area (TPSA) is 33.1 Å². The Balaban J connectivity index is 2.53. The molecule has 17 heavy (non-hydrogen) atoms. The number of nitrogens with zero attached hydrogens (tertiary/aromatic N) is 3. The average molecular weight is 238 g/mol. The number of hydrogen-bond acceptors (Lipinski definition) is 3. The number of nitrogens with one attached hydrogen (secondary N) is 1. The van der Waals surface area contributed by atoms with Gasteiger partial charge in [-0.2, -0.15) is 5.10 Å². The van der Waals surface area contributed by atoms with Crippen LogP contribution in [0.2, 0.25) is 0 Å². The smallest absolute Gasteiger partial charge is 0.0534 e. The number of aryl methyl sites for hydroxylation is 1. The molecular weight excluding hydrogens is 212 g/mol. The Morgan fingerprint density at radius 2 is 2.18 bits per heavy atom. The maximum atomic E-state index is 4.20. The van der Waals surface area contributed by atoms with Crippen LogP contribution in [0.4, 0.5) is 0 Å². The highest BCUT2D eigenvalue weighted by Crippen LogP contribution is 2.10. The first-order chi connectivity index (χ1) is 8.08. The van der Waals surface area contributed by atoms with E-state index < -0.39 is 0 Å². The minimum Gasteiger partial charge on any atom is -0.313 e. The van der Waals surface area contributed by atoms with Crippen LogP contribution in [0.5, 0.6) is 0 Å². The maximum absolute atomic E-state index is 4.20. The quantitative estimate of drug-likeness (QED) is 0.784. The number of hydrogen-bond donors (Lipinski definition) is 1. The molecule has 0 radical (unpaired) electrons. The number of aromatic nitrogens is 2. The lowest BCUT2D eigenvalue weighted by atomic mass is 10.1. The Morgan fingerprint density at radius 1 is 1.47 bits per heavy atom. The molecule has 2 atom stereocenters. The van der Waals surface area contributed by atoms with Crippen LogP contribution in [0.1, 0.15) is 32.8 Å².